The maximum atomic E-state index is 13.4. The fourth-order valence-electron chi connectivity index (χ4n) is 2.99. The second-order valence-electron chi connectivity index (χ2n) is 6.54. The van der Waals surface area contributed by atoms with E-state index in [0.29, 0.717) is 38.2 Å². The highest BCUT2D eigenvalue weighted by atomic mass is 35.5. The monoisotopic (exact) mass is 456 g/mol. The third-order valence-corrected chi connectivity index (χ3v) is 5.52. The fraction of sp³-hybridized carbons (Fsp3) is 0.143. The number of hydrogen-bond acceptors (Lipinski definition) is 7. The number of fused-ring (bicyclic) bond motifs is 1. The molecule has 0 atom stereocenters. The van der Waals surface area contributed by atoms with Crippen molar-refractivity contribution >= 4 is 46.1 Å². The molecule has 0 saturated heterocycles. The van der Waals surface area contributed by atoms with E-state index < -0.39 is 0 Å². The van der Waals surface area contributed by atoms with E-state index in [-0.39, 0.29) is 23.1 Å². The highest BCUT2D eigenvalue weighted by molar-refractivity contribution is 7.99. The molecule has 2 aromatic carbocycles. The Bertz CT molecular complexity index is 1330. The van der Waals surface area contributed by atoms with Gasteiger partial charge in [-0.05, 0) is 37.3 Å². The molecule has 0 unspecified atom stereocenters. The Labute approximate surface area is 186 Å². The number of aromatic nitrogens is 3. The van der Waals surface area contributed by atoms with Crippen LogP contribution in [0.3, 0.4) is 0 Å². The topological polar surface area (TPSA) is 99.2 Å². The van der Waals surface area contributed by atoms with Gasteiger partial charge in [0.2, 0.25) is 11.8 Å². The lowest BCUT2D eigenvalue weighted by Crippen LogP contribution is -2.23. The van der Waals surface area contributed by atoms with Crippen molar-refractivity contribution in [2.45, 2.75) is 12.1 Å². The Morgan fingerprint density at radius 2 is 2.06 bits per heavy atom. The van der Waals surface area contributed by atoms with E-state index in [1.54, 1.807) is 55.5 Å². The summed E-state index contributed by atoms with van der Waals surface area (Å²) in [5.74, 6) is 0.424. The summed E-state index contributed by atoms with van der Waals surface area (Å²) in [6.07, 6.45) is 0. The number of benzene rings is 2. The third kappa shape index (κ3) is 4.42. The van der Waals surface area contributed by atoms with Gasteiger partial charge in [-0.2, -0.15) is 0 Å². The largest absolute Gasteiger partial charge is 0.495 e. The first-order valence-corrected chi connectivity index (χ1v) is 10.5. The molecule has 1 amide bonds. The number of rotatable bonds is 6. The number of ether oxygens (including phenoxy) is 1. The number of thioether (sulfide) groups is 1. The van der Waals surface area contributed by atoms with Crippen molar-refractivity contribution in [1.29, 1.82) is 0 Å². The van der Waals surface area contributed by atoms with Crippen LogP contribution in [0, 0.1) is 6.92 Å². The maximum Gasteiger partial charge on any atom is 0.266 e. The normalized spacial score (nSPS) is 10.9. The number of para-hydroxylation sites is 2. The molecule has 0 fully saturated rings. The molecule has 2 aromatic heterocycles. The second kappa shape index (κ2) is 8.83. The summed E-state index contributed by atoms with van der Waals surface area (Å²) in [5.41, 5.74) is 1.33. The van der Waals surface area contributed by atoms with Crippen LogP contribution >= 0.6 is 23.4 Å². The highest BCUT2D eigenvalue weighted by Gasteiger charge is 2.18. The van der Waals surface area contributed by atoms with Crippen LogP contribution in [0.4, 0.5) is 5.88 Å². The van der Waals surface area contributed by atoms with Gasteiger partial charge in [0.25, 0.3) is 5.56 Å². The molecule has 0 radical (unpaired) electrons. The molecular formula is C21H17ClN4O4S. The number of hydrogen-bond donors (Lipinski definition) is 1. The van der Waals surface area contributed by atoms with Crippen LogP contribution in [0.1, 0.15) is 5.69 Å². The molecule has 8 nitrogen and oxygen atoms in total. The van der Waals surface area contributed by atoms with Gasteiger partial charge in [0.15, 0.2) is 5.16 Å². The Morgan fingerprint density at radius 1 is 1.26 bits per heavy atom. The number of anilines is 1. The minimum atomic E-state index is -0.326. The zero-order valence-corrected chi connectivity index (χ0v) is 18.2. The smallest absolute Gasteiger partial charge is 0.266 e. The van der Waals surface area contributed by atoms with Crippen LogP contribution in [-0.2, 0) is 4.79 Å². The molecule has 4 rings (SSSR count). The first kappa shape index (κ1) is 21.0. The lowest BCUT2D eigenvalue weighted by Gasteiger charge is -2.15. The molecule has 31 heavy (non-hydrogen) atoms. The van der Waals surface area contributed by atoms with Crippen molar-refractivity contribution in [3.63, 3.8) is 0 Å². The summed E-state index contributed by atoms with van der Waals surface area (Å²) in [7, 11) is 1.53. The van der Waals surface area contributed by atoms with Gasteiger partial charge in [0.1, 0.15) is 5.75 Å². The van der Waals surface area contributed by atoms with E-state index in [1.165, 1.54) is 11.7 Å². The van der Waals surface area contributed by atoms with Gasteiger partial charge >= 0.3 is 0 Å². The summed E-state index contributed by atoms with van der Waals surface area (Å²) in [4.78, 5) is 30.3. The molecule has 4 aromatic rings. The van der Waals surface area contributed by atoms with Crippen LogP contribution < -0.4 is 15.6 Å². The van der Waals surface area contributed by atoms with Crippen LogP contribution in [0.15, 0.2) is 63.0 Å². The predicted octanol–water partition coefficient (Wildman–Crippen LogP) is 4.07. The van der Waals surface area contributed by atoms with Gasteiger partial charge in [-0.15, -0.1) is 0 Å². The van der Waals surface area contributed by atoms with Crippen molar-refractivity contribution in [2.24, 2.45) is 0 Å². The Balaban J connectivity index is 1.75. The molecule has 0 saturated carbocycles. The minimum absolute atomic E-state index is 0.00654. The van der Waals surface area contributed by atoms with Crippen LogP contribution in [-0.4, -0.2) is 33.5 Å². The molecule has 10 heteroatoms. The van der Waals surface area contributed by atoms with E-state index in [0.717, 1.165) is 11.8 Å². The van der Waals surface area contributed by atoms with E-state index in [4.69, 9.17) is 20.9 Å². The predicted molar refractivity (Wildman–Crippen MR) is 119 cm³/mol. The first-order valence-electron chi connectivity index (χ1n) is 9.18. The summed E-state index contributed by atoms with van der Waals surface area (Å²) >= 11 is 7.20. The van der Waals surface area contributed by atoms with Crippen LogP contribution in [0.25, 0.3) is 16.6 Å². The zero-order chi connectivity index (χ0) is 22.0. The quantitative estimate of drug-likeness (QED) is 0.344. The van der Waals surface area contributed by atoms with Gasteiger partial charge < -0.3 is 9.26 Å². The number of nitrogens with one attached hydrogen (secondary N) is 1. The van der Waals surface area contributed by atoms with Crippen molar-refractivity contribution < 1.29 is 14.1 Å². The van der Waals surface area contributed by atoms with Gasteiger partial charge in [-0.25, -0.2) is 4.98 Å². The zero-order valence-electron chi connectivity index (χ0n) is 16.6. The first-order chi connectivity index (χ1) is 15.0. The summed E-state index contributed by atoms with van der Waals surface area (Å²) in [6, 6.07) is 13.6. The summed E-state index contributed by atoms with van der Waals surface area (Å²) in [5, 5.41) is 7.55. The van der Waals surface area contributed by atoms with E-state index in [2.05, 4.69) is 15.5 Å². The van der Waals surface area contributed by atoms with Gasteiger partial charge in [0, 0.05) is 11.1 Å². The third-order valence-electron chi connectivity index (χ3n) is 4.35. The molecule has 2 heterocycles. The maximum absolute atomic E-state index is 13.4. The Morgan fingerprint density at radius 3 is 2.81 bits per heavy atom. The van der Waals surface area contributed by atoms with Crippen molar-refractivity contribution in [2.75, 3.05) is 18.2 Å². The standard InChI is InChI=1S/C21H17ClN4O4S/c1-12-9-19(30-25-12)24-18(27)11-31-21-23-15-10-13(22)7-8-14(15)20(28)26(21)16-5-3-4-6-17(16)29-2/h3-10H,11H2,1-2H3,(H,24,27). The Hall–Kier alpha value is -3.30. The van der Waals surface area contributed by atoms with E-state index in [1.807, 2.05) is 0 Å². The molecule has 0 aliphatic rings. The molecule has 0 spiro atoms. The van der Waals surface area contributed by atoms with E-state index in [9.17, 15) is 9.59 Å². The minimum Gasteiger partial charge on any atom is -0.495 e. The summed E-state index contributed by atoms with van der Waals surface area (Å²) < 4.78 is 11.9. The average Bonchev–Trinajstić information content (AvgIpc) is 3.16. The second-order valence-corrected chi connectivity index (χ2v) is 7.92. The van der Waals surface area contributed by atoms with Crippen LogP contribution in [0.2, 0.25) is 5.02 Å². The number of carbonyl (C=O) groups excluding carboxylic acids is 1. The number of aryl methyl sites for hydroxylation is 1. The molecule has 0 aliphatic heterocycles. The van der Waals surface area contributed by atoms with E-state index >= 15 is 0 Å². The van der Waals surface area contributed by atoms with Crippen molar-refractivity contribution in [1.82, 2.24) is 14.7 Å². The van der Waals surface area contributed by atoms with Gasteiger partial charge in [-0.1, -0.05) is 40.7 Å². The molecule has 158 valence electrons. The number of halogens is 1. The average molecular weight is 457 g/mol. The van der Waals surface area contributed by atoms with Gasteiger partial charge in [-0.3, -0.25) is 19.5 Å². The molecular weight excluding hydrogens is 440 g/mol. The number of carbonyl (C=O) groups is 1. The van der Waals surface area contributed by atoms with Crippen molar-refractivity contribution in [3.05, 3.63) is 69.6 Å². The van der Waals surface area contributed by atoms with Crippen molar-refractivity contribution in [3.8, 4) is 11.4 Å². The number of nitrogens with zero attached hydrogens (tertiary/aromatic N) is 3. The fourth-order valence-corrected chi connectivity index (χ4v) is 3.96. The summed E-state index contributed by atoms with van der Waals surface area (Å²) in [6.45, 7) is 1.75. The number of methoxy groups -OCH3 is 1. The lowest BCUT2D eigenvalue weighted by molar-refractivity contribution is -0.113. The SMILES string of the molecule is COc1ccccc1-n1c(SCC(=O)Nc2cc(C)no2)nc2cc(Cl)ccc2c1=O. The van der Waals surface area contributed by atoms with Gasteiger partial charge in [0.05, 0.1) is 35.1 Å². The molecule has 0 bridgehead atoms. The molecule has 1 N–H and O–H groups in total. The Kier molecular flexibility index (Phi) is 5.97. The number of amides is 1. The van der Waals surface area contributed by atoms with Crippen LogP contribution in [0.5, 0.6) is 5.75 Å². The highest BCUT2D eigenvalue weighted by Crippen LogP contribution is 2.28. The molecule has 0 aliphatic carbocycles. The lowest BCUT2D eigenvalue weighted by atomic mass is 10.2.